The summed E-state index contributed by atoms with van der Waals surface area (Å²) in [5.74, 6) is 0. The van der Waals surface area contributed by atoms with Crippen LogP contribution < -0.4 is 5.32 Å². The third-order valence-corrected chi connectivity index (χ3v) is 3.64. The van der Waals surface area contributed by atoms with Crippen molar-refractivity contribution in [3.8, 4) is 0 Å². The zero-order valence-electron chi connectivity index (χ0n) is 6.92. The van der Waals surface area contributed by atoms with Gasteiger partial charge in [-0.15, -0.1) is 0 Å². The van der Waals surface area contributed by atoms with Crippen molar-refractivity contribution in [3.63, 3.8) is 0 Å². The Morgan fingerprint density at radius 2 is 2.09 bits per heavy atom. The van der Waals surface area contributed by atoms with E-state index in [1.54, 1.807) is 0 Å². The van der Waals surface area contributed by atoms with Crippen LogP contribution in [0.2, 0.25) is 0 Å². The highest BCUT2D eigenvalue weighted by Gasteiger charge is 2.42. The SMILES string of the molecule is C1CC(N2C[C@@H]3C[C@H]2CN3)C1. The molecule has 0 spiro atoms. The Morgan fingerprint density at radius 1 is 1.18 bits per heavy atom. The summed E-state index contributed by atoms with van der Waals surface area (Å²) in [4.78, 5) is 2.75. The predicted octanol–water partition coefficient (Wildman–Crippen LogP) is 0.585. The van der Waals surface area contributed by atoms with Gasteiger partial charge in [-0.2, -0.15) is 0 Å². The van der Waals surface area contributed by atoms with Crippen LogP contribution in [0.5, 0.6) is 0 Å². The fourth-order valence-electron chi connectivity index (χ4n) is 2.76. The van der Waals surface area contributed by atoms with Gasteiger partial charge < -0.3 is 5.32 Å². The van der Waals surface area contributed by atoms with Crippen molar-refractivity contribution >= 4 is 0 Å². The molecule has 0 aromatic heterocycles. The van der Waals surface area contributed by atoms with Crippen LogP contribution in [-0.2, 0) is 0 Å². The monoisotopic (exact) mass is 152 g/mol. The minimum absolute atomic E-state index is 0.848. The lowest BCUT2D eigenvalue weighted by molar-refractivity contribution is 0.100. The summed E-state index contributed by atoms with van der Waals surface area (Å²) in [5, 5.41) is 3.55. The lowest BCUT2D eigenvalue weighted by Crippen LogP contribution is -2.50. The summed E-state index contributed by atoms with van der Waals surface area (Å²) in [6.07, 6.45) is 5.86. The zero-order chi connectivity index (χ0) is 7.26. The average Bonchev–Trinajstić information content (AvgIpc) is 2.42. The zero-order valence-corrected chi connectivity index (χ0v) is 6.92. The summed E-state index contributed by atoms with van der Waals surface area (Å²) in [6, 6.07) is 2.73. The van der Waals surface area contributed by atoms with Crippen LogP contribution in [0.1, 0.15) is 25.7 Å². The molecule has 2 nitrogen and oxygen atoms in total. The van der Waals surface area contributed by atoms with E-state index in [-0.39, 0.29) is 0 Å². The van der Waals surface area contributed by atoms with Crippen LogP contribution in [0.15, 0.2) is 0 Å². The molecule has 0 aromatic rings. The molecule has 62 valence electrons. The van der Waals surface area contributed by atoms with Crippen LogP contribution in [0.3, 0.4) is 0 Å². The highest BCUT2D eigenvalue weighted by atomic mass is 15.3. The molecule has 0 radical (unpaired) electrons. The topological polar surface area (TPSA) is 15.3 Å². The second-order valence-corrected chi connectivity index (χ2v) is 4.28. The Hall–Kier alpha value is -0.0800. The summed E-state index contributed by atoms with van der Waals surface area (Å²) in [7, 11) is 0. The van der Waals surface area contributed by atoms with E-state index in [9.17, 15) is 0 Å². The Balaban J connectivity index is 1.70. The number of rotatable bonds is 1. The molecule has 1 saturated carbocycles. The number of nitrogens with zero attached hydrogens (tertiary/aromatic N) is 1. The van der Waals surface area contributed by atoms with E-state index >= 15 is 0 Å². The number of hydrogen-bond donors (Lipinski definition) is 1. The second kappa shape index (κ2) is 2.20. The first-order chi connectivity index (χ1) is 5.43. The van der Waals surface area contributed by atoms with Gasteiger partial charge in [0.2, 0.25) is 0 Å². The predicted molar refractivity (Wildman–Crippen MR) is 44.5 cm³/mol. The molecule has 2 heterocycles. The Morgan fingerprint density at radius 3 is 2.55 bits per heavy atom. The van der Waals surface area contributed by atoms with Gasteiger partial charge >= 0.3 is 0 Å². The molecule has 2 heteroatoms. The van der Waals surface area contributed by atoms with Crippen LogP contribution in [0, 0.1) is 0 Å². The van der Waals surface area contributed by atoms with Gasteiger partial charge in [-0.3, -0.25) is 4.90 Å². The Labute approximate surface area is 68.0 Å². The van der Waals surface area contributed by atoms with Gasteiger partial charge in [-0.05, 0) is 19.3 Å². The van der Waals surface area contributed by atoms with Crippen molar-refractivity contribution in [2.24, 2.45) is 0 Å². The normalized spacial score (nSPS) is 44.7. The lowest BCUT2D eigenvalue weighted by atomic mass is 9.91. The van der Waals surface area contributed by atoms with E-state index in [0.717, 1.165) is 18.1 Å². The highest BCUT2D eigenvalue weighted by Crippen LogP contribution is 2.33. The molecule has 0 unspecified atom stereocenters. The van der Waals surface area contributed by atoms with Crippen molar-refractivity contribution in [1.29, 1.82) is 0 Å². The molecular formula is C9H16N2. The third kappa shape index (κ3) is 0.859. The van der Waals surface area contributed by atoms with Crippen molar-refractivity contribution in [3.05, 3.63) is 0 Å². The molecule has 2 bridgehead atoms. The van der Waals surface area contributed by atoms with Gasteiger partial charge in [0.15, 0.2) is 0 Å². The fraction of sp³-hybridized carbons (Fsp3) is 1.00. The summed E-state index contributed by atoms with van der Waals surface area (Å²) in [5.41, 5.74) is 0. The fourth-order valence-corrected chi connectivity index (χ4v) is 2.76. The molecule has 3 fully saturated rings. The number of likely N-dealkylation sites (tertiary alicyclic amines) is 1. The number of fused-ring (bicyclic) bond motifs is 2. The molecule has 1 N–H and O–H groups in total. The van der Waals surface area contributed by atoms with Crippen molar-refractivity contribution < 1.29 is 0 Å². The van der Waals surface area contributed by atoms with Gasteiger partial charge in [0, 0.05) is 31.2 Å². The minimum atomic E-state index is 0.848. The van der Waals surface area contributed by atoms with Crippen LogP contribution in [0.25, 0.3) is 0 Å². The maximum Gasteiger partial charge on any atom is 0.0239 e. The molecule has 1 aliphatic carbocycles. The van der Waals surface area contributed by atoms with Gasteiger partial charge in [-0.25, -0.2) is 0 Å². The van der Waals surface area contributed by atoms with Crippen molar-refractivity contribution in [2.45, 2.75) is 43.8 Å². The third-order valence-electron chi connectivity index (χ3n) is 3.64. The number of hydrogen-bond acceptors (Lipinski definition) is 2. The highest BCUT2D eigenvalue weighted by molar-refractivity contribution is 5.01. The molecule has 3 aliphatic rings. The van der Waals surface area contributed by atoms with E-state index in [1.165, 1.54) is 38.8 Å². The maximum atomic E-state index is 3.55. The van der Waals surface area contributed by atoms with E-state index in [2.05, 4.69) is 10.2 Å². The van der Waals surface area contributed by atoms with Gasteiger partial charge in [-0.1, -0.05) is 6.42 Å². The maximum absolute atomic E-state index is 3.55. The molecule has 2 aliphatic heterocycles. The summed E-state index contributed by atoms with van der Waals surface area (Å²) in [6.45, 7) is 2.61. The minimum Gasteiger partial charge on any atom is -0.311 e. The second-order valence-electron chi connectivity index (χ2n) is 4.28. The van der Waals surface area contributed by atoms with Crippen molar-refractivity contribution in [1.82, 2.24) is 10.2 Å². The van der Waals surface area contributed by atoms with Gasteiger partial charge in [0.05, 0.1) is 0 Å². The molecule has 2 atom stereocenters. The summed E-state index contributed by atoms with van der Waals surface area (Å²) < 4.78 is 0. The molecule has 2 saturated heterocycles. The standard InChI is InChI=1S/C9H16N2/c1-2-8(3-1)11-6-7-4-9(11)5-10-7/h7-10H,1-6H2/t7-,9-/m0/s1. The first kappa shape index (κ1) is 6.44. The van der Waals surface area contributed by atoms with Gasteiger partial charge in [0.25, 0.3) is 0 Å². The quantitative estimate of drug-likeness (QED) is 0.591. The van der Waals surface area contributed by atoms with Crippen molar-refractivity contribution in [2.75, 3.05) is 13.1 Å². The average molecular weight is 152 g/mol. The first-order valence-corrected chi connectivity index (χ1v) is 4.92. The Bertz CT molecular complexity index is 165. The van der Waals surface area contributed by atoms with Crippen LogP contribution >= 0.6 is 0 Å². The Kier molecular flexibility index (Phi) is 1.29. The van der Waals surface area contributed by atoms with E-state index in [1.807, 2.05) is 0 Å². The number of piperazine rings is 1. The molecule has 3 rings (SSSR count). The number of nitrogens with one attached hydrogen (secondary N) is 1. The lowest BCUT2D eigenvalue weighted by Gasteiger charge is -2.40. The molecule has 0 amide bonds. The molecule has 0 aromatic carbocycles. The van der Waals surface area contributed by atoms with Crippen LogP contribution in [0.4, 0.5) is 0 Å². The molecular weight excluding hydrogens is 136 g/mol. The van der Waals surface area contributed by atoms with E-state index in [4.69, 9.17) is 0 Å². The van der Waals surface area contributed by atoms with E-state index < -0.39 is 0 Å². The molecule has 11 heavy (non-hydrogen) atoms. The van der Waals surface area contributed by atoms with Gasteiger partial charge in [0.1, 0.15) is 0 Å². The smallest absolute Gasteiger partial charge is 0.0239 e. The summed E-state index contributed by atoms with van der Waals surface area (Å²) >= 11 is 0. The first-order valence-electron chi connectivity index (χ1n) is 4.92. The van der Waals surface area contributed by atoms with Crippen LogP contribution in [-0.4, -0.2) is 36.1 Å². The largest absolute Gasteiger partial charge is 0.311 e. The van der Waals surface area contributed by atoms with E-state index in [0.29, 0.717) is 0 Å².